The van der Waals surface area contributed by atoms with Gasteiger partial charge in [0.15, 0.2) is 0 Å². The Morgan fingerprint density at radius 2 is 1.89 bits per heavy atom. The second-order valence-electron chi connectivity index (χ2n) is 7.16. The second kappa shape index (κ2) is 7.84. The minimum Gasteiger partial charge on any atom is -0.365 e. The molecule has 2 aliphatic rings. The van der Waals surface area contributed by atoms with Gasteiger partial charge in [-0.1, -0.05) is 0 Å². The van der Waals surface area contributed by atoms with E-state index < -0.39 is 5.91 Å². The third kappa shape index (κ3) is 3.59. The zero-order chi connectivity index (χ0) is 19.7. The Balaban J connectivity index is 1.39. The van der Waals surface area contributed by atoms with Crippen molar-refractivity contribution < 1.29 is 9.59 Å². The molecule has 0 bridgehead atoms. The van der Waals surface area contributed by atoms with Gasteiger partial charge < -0.3 is 16.0 Å². The number of nitrogens with two attached hydrogens (primary N) is 1. The molecule has 4 rings (SSSR count). The molecule has 0 saturated carbocycles. The van der Waals surface area contributed by atoms with Crippen molar-refractivity contribution in [3.8, 4) is 0 Å². The number of piperazine rings is 1. The Labute approximate surface area is 167 Å². The summed E-state index contributed by atoms with van der Waals surface area (Å²) in [6, 6.07) is 1.50. The number of carbonyl (C=O) groups is 2. The van der Waals surface area contributed by atoms with Gasteiger partial charge in [0, 0.05) is 43.4 Å². The fraction of sp³-hybridized carbons (Fsp3) is 0.474. The molecular weight excluding hydrogens is 376 g/mol. The summed E-state index contributed by atoms with van der Waals surface area (Å²) in [4.78, 5) is 38.8. The number of primary amides is 1. The van der Waals surface area contributed by atoms with E-state index in [4.69, 9.17) is 5.73 Å². The predicted octanol–water partition coefficient (Wildman–Crippen LogP) is 1.27. The topological polar surface area (TPSA) is 104 Å². The van der Waals surface area contributed by atoms with Gasteiger partial charge in [0.25, 0.3) is 5.91 Å². The SMILES string of the molecule is CC(C(=O)Nc1sc2c(c1C(N)=O)CCC2)N1CCN(c2ncccn2)CC1. The van der Waals surface area contributed by atoms with Crippen LogP contribution in [0, 0.1) is 0 Å². The van der Waals surface area contributed by atoms with Gasteiger partial charge in [-0.3, -0.25) is 14.5 Å². The van der Waals surface area contributed by atoms with Crippen molar-refractivity contribution >= 4 is 34.1 Å². The molecule has 1 fully saturated rings. The molecule has 0 radical (unpaired) electrons. The van der Waals surface area contributed by atoms with E-state index in [1.54, 1.807) is 18.5 Å². The number of hydrogen-bond acceptors (Lipinski definition) is 7. The van der Waals surface area contributed by atoms with Gasteiger partial charge in [-0.05, 0) is 37.8 Å². The van der Waals surface area contributed by atoms with Crippen LogP contribution in [0.3, 0.4) is 0 Å². The van der Waals surface area contributed by atoms with Gasteiger partial charge in [0.2, 0.25) is 11.9 Å². The van der Waals surface area contributed by atoms with Crippen LogP contribution in [-0.4, -0.2) is 58.9 Å². The average Bonchev–Trinajstić information content (AvgIpc) is 3.28. The molecule has 1 aliphatic heterocycles. The molecule has 0 spiro atoms. The largest absolute Gasteiger partial charge is 0.365 e. The van der Waals surface area contributed by atoms with Crippen molar-refractivity contribution in [2.75, 3.05) is 36.4 Å². The molecule has 0 aromatic carbocycles. The summed E-state index contributed by atoms with van der Waals surface area (Å²) in [5, 5.41) is 3.56. The number of rotatable bonds is 5. The Hall–Kier alpha value is -2.52. The maximum absolute atomic E-state index is 12.8. The maximum atomic E-state index is 12.8. The van der Waals surface area contributed by atoms with Crippen molar-refractivity contribution in [1.29, 1.82) is 0 Å². The van der Waals surface area contributed by atoms with Gasteiger partial charge in [0.05, 0.1) is 11.6 Å². The molecule has 8 nitrogen and oxygen atoms in total. The van der Waals surface area contributed by atoms with Crippen LogP contribution in [0.5, 0.6) is 0 Å². The van der Waals surface area contributed by atoms with E-state index in [1.807, 2.05) is 6.92 Å². The lowest BCUT2D eigenvalue weighted by atomic mass is 10.1. The van der Waals surface area contributed by atoms with Crippen molar-refractivity contribution in [3.05, 3.63) is 34.5 Å². The van der Waals surface area contributed by atoms with E-state index >= 15 is 0 Å². The van der Waals surface area contributed by atoms with Gasteiger partial charge in [-0.15, -0.1) is 11.3 Å². The normalized spacial score (nSPS) is 18.0. The van der Waals surface area contributed by atoms with E-state index in [0.29, 0.717) is 10.6 Å². The highest BCUT2D eigenvalue weighted by molar-refractivity contribution is 7.17. The Morgan fingerprint density at radius 3 is 2.57 bits per heavy atom. The second-order valence-corrected chi connectivity index (χ2v) is 8.27. The maximum Gasteiger partial charge on any atom is 0.251 e. The van der Waals surface area contributed by atoms with Gasteiger partial charge >= 0.3 is 0 Å². The minimum absolute atomic E-state index is 0.105. The summed E-state index contributed by atoms with van der Waals surface area (Å²) >= 11 is 1.49. The lowest BCUT2D eigenvalue weighted by Gasteiger charge is -2.37. The van der Waals surface area contributed by atoms with Crippen LogP contribution in [0.2, 0.25) is 0 Å². The van der Waals surface area contributed by atoms with Crippen molar-refractivity contribution in [3.63, 3.8) is 0 Å². The van der Waals surface area contributed by atoms with E-state index in [9.17, 15) is 9.59 Å². The summed E-state index contributed by atoms with van der Waals surface area (Å²) < 4.78 is 0. The molecule has 1 saturated heterocycles. The molecule has 148 valence electrons. The number of carbonyl (C=O) groups excluding carboxylic acids is 2. The van der Waals surface area contributed by atoms with Crippen LogP contribution < -0.4 is 16.0 Å². The van der Waals surface area contributed by atoms with E-state index in [0.717, 1.165) is 57.0 Å². The van der Waals surface area contributed by atoms with E-state index in [-0.39, 0.29) is 11.9 Å². The highest BCUT2D eigenvalue weighted by Crippen LogP contribution is 2.38. The van der Waals surface area contributed by atoms with Gasteiger partial charge in [-0.25, -0.2) is 9.97 Å². The summed E-state index contributed by atoms with van der Waals surface area (Å²) in [6.45, 7) is 4.92. The number of thiophene rings is 1. The first kappa shape index (κ1) is 18.8. The third-order valence-electron chi connectivity index (χ3n) is 5.48. The smallest absolute Gasteiger partial charge is 0.251 e. The van der Waals surface area contributed by atoms with E-state index in [1.165, 1.54) is 16.2 Å². The fourth-order valence-corrected chi connectivity index (χ4v) is 5.20. The summed E-state index contributed by atoms with van der Waals surface area (Å²) in [5.41, 5.74) is 7.11. The lowest BCUT2D eigenvalue weighted by molar-refractivity contribution is -0.120. The van der Waals surface area contributed by atoms with Crippen LogP contribution in [0.25, 0.3) is 0 Å². The Morgan fingerprint density at radius 1 is 1.18 bits per heavy atom. The lowest BCUT2D eigenvalue weighted by Crippen LogP contribution is -2.53. The molecule has 1 aliphatic carbocycles. The van der Waals surface area contributed by atoms with Crippen LogP contribution >= 0.6 is 11.3 Å². The van der Waals surface area contributed by atoms with E-state index in [2.05, 4.69) is 25.1 Å². The molecule has 28 heavy (non-hydrogen) atoms. The number of aryl methyl sites for hydroxylation is 1. The Kier molecular flexibility index (Phi) is 5.27. The number of amides is 2. The van der Waals surface area contributed by atoms with Crippen molar-refractivity contribution in [2.24, 2.45) is 5.73 Å². The molecule has 1 unspecified atom stereocenters. The first-order chi connectivity index (χ1) is 13.5. The van der Waals surface area contributed by atoms with Crippen molar-refractivity contribution in [1.82, 2.24) is 14.9 Å². The molecular formula is C19H24N6O2S. The highest BCUT2D eigenvalue weighted by atomic mass is 32.1. The highest BCUT2D eigenvalue weighted by Gasteiger charge is 2.30. The predicted molar refractivity (Wildman–Crippen MR) is 109 cm³/mol. The van der Waals surface area contributed by atoms with Crippen LogP contribution in [-0.2, 0) is 17.6 Å². The first-order valence-corrected chi connectivity index (χ1v) is 10.4. The number of nitrogens with zero attached hydrogens (tertiary/aromatic N) is 4. The number of hydrogen-bond donors (Lipinski definition) is 2. The summed E-state index contributed by atoms with van der Waals surface area (Å²) in [6.07, 6.45) is 6.33. The number of aromatic nitrogens is 2. The molecule has 2 aromatic heterocycles. The van der Waals surface area contributed by atoms with Crippen LogP contribution in [0.1, 0.15) is 34.1 Å². The fourth-order valence-electron chi connectivity index (χ4n) is 3.90. The molecule has 3 N–H and O–H groups in total. The molecule has 3 heterocycles. The Bertz CT molecular complexity index is 876. The monoisotopic (exact) mass is 400 g/mol. The molecule has 2 aromatic rings. The standard InChI is InChI=1S/C19H24N6O2S/c1-12(24-8-10-25(11-9-24)19-21-6-3-7-22-19)17(27)23-18-15(16(20)26)13-4-2-5-14(13)28-18/h3,6-7,12H,2,4-5,8-11H2,1H3,(H2,20,26)(H,23,27). The zero-order valence-corrected chi connectivity index (χ0v) is 16.7. The third-order valence-corrected chi connectivity index (χ3v) is 6.69. The quantitative estimate of drug-likeness (QED) is 0.783. The number of anilines is 2. The molecule has 9 heteroatoms. The molecule has 2 amide bonds. The first-order valence-electron chi connectivity index (χ1n) is 9.56. The number of fused-ring (bicyclic) bond motifs is 1. The molecule has 1 atom stereocenters. The van der Waals surface area contributed by atoms with Crippen LogP contribution in [0.15, 0.2) is 18.5 Å². The van der Waals surface area contributed by atoms with Crippen molar-refractivity contribution in [2.45, 2.75) is 32.2 Å². The van der Waals surface area contributed by atoms with Crippen LogP contribution in [0.4, 0.5) is 10.9 Å². The van der Waals surface area contributed by atoms with Gasteiger partial charge in [0.1, 0.15) is 5.00 Å². The minimum atomic E-state index is -0.459. The number of nitrogens with one attached hydrogen (secondary N) is 1. The van der Waals surface area contributed by atoms with Gasteiger partial charge in [-0.2, -0.15) is 0 Å². The average molecular weight is 401 g/mol. The summed E-state index contributed by atoms with van der Waals surface area (Å²) in [7, 11) is 0. The zero-order valence-electron chi connectivity index (χ0n) is 15.9. The summed E-state index contributed by atoms with van der Waals surface area (Å²) in [5.74, 6) is 0.157.